The summed E-state index contributed by atoms with van der Waals surface area (Å²) in [5.41, 5.74) is 1.03. The molecule has 0 fully saturated rings. The molecule has 0 aliphatic carbocycles. The van der Waals surface area contributed by atoms with Gasteiger partial charge in [0.1, 0.15) is 11.5 Å². The maximum absolute atomic E-state index is 5.66. The van der Waals surface area contributed by atoms with Crippen molar-refractivity contribution in [2.75, 3.05) is 13.7 Å². The van der Waals surface area contributed by atoms with Gasteiger partial charge in [-0.2, -0.15) is 12.6 Å². The van der Waals surface area contributed by atoms with Crippen molar-refractivity contribution in [2.45, 2.75) is 12.2 Å². The van der Waals surface area contributed by atoms with Gasteiger partial charge in [-0.05, 0) is 12.1 Å². The fourth-order valence-electron chi connectivity index (χ4n) is 1.48. The number of thiazole rings is 1. The Morgan fingerprint density at radius 1 is 1.33 bits per heavy atom. The summed E-state index contributed by atoms with van der Waals surface area (Å²) < 4.78 is 10.8. The van der Waals surface area contributed by atoms with Crippen molar-refractivity contribution in [3.63, 3.8) is 0 Å². The SMILES string of the molecule is COc1cccc(OCCc2nc(CS)cs2)c1. The third-order valence-electron chi connectivity index (χ3n) is 2.39. The zero-order valence-corrected chi connectivity index (χ0v) is 11.8. The van der Waals surface area contributed by atoms with Crippen LogP contribution in [-0.4, -0.2) is 18.7 Å². The molecule has 1 aromatic heterocycles. The summed E-state index contributed by atoms with van der Waals surface area (Å²) in [4.78, 5) is 4.43. The van der Waals surface area contributed by atoms with Crippen LogP contribution in [0.15, 0.2) is 29.6 Å². The first-order valence-corrected chi connectivity index (χ1v) is 7.14. The zero-order valence-electron chi connectivity index (χ0n) is 10.1. The van der Waals surface area contributed by atoms with Crippen LogP contribution in [0, 0.1) is 0 Å². The maximum Gasteiger partial charge on any atom is 0.123 e. The highest BCUT2D eigenvalue weighted by Crippen LogP contribution is 2.19. The molecule has 2 rings (SSSR count). The van der Waals surface area contributed by atoms with E-state index in [1.165, 1.54) is 0 Å². The minimum atomic E-state index is 0.618. The molecule has 5 heteroatoms. The molecule has 0 radical (unpaired) electrons. The monoisotopic (exact) mass is 281 g/mol. The Kier molecular flexibility index (Phi) is 4.90. The number of methoxy groups -OCH3 is 1. The lowest BCUT2D eigenvalue weighted by molar-refractivity contribution is 0.318. The number of aromatic nitrogens is 1. The highest BCUT2D eigenvalue weighted by Gasteiger charge is 2.02. The van der Waals surface area contributed by atoms with Gasteiger partial charge in [0.25, 0.3) is 0 Å². The number of rotatable bonds is 6. The van der Waals surface area contributed by atoms with E-state index < -0.39 is 0 Å². The largest absolute Gasteiger partial charge is 0.497 e. The van der Waals surface area contributed by atoms with Crippen LogP contribution in [0.4, 0.5) is 0 Å². The Balaban J connectivity index is 1.84. The molecular formula is C13H15NO2S2. The minimum Gasteiger partial charge on any atom is -0.497 e. The lowest BCUT2D eigenvalue weighted by atomic mass is 10.3. The molecule has 1 aromatic carbocycles. The van der Waals surface area contributed by atoms with Gasteiger partial charge in [0.15, 0.2) is 0 Å². The van der Waals surface area contributed by atoms with E-state index in [1.54, 1.807) is 18.4 Å². The normalized spacial score (nSPS) is 10.3. The number of nitrogens with zero attached hydrogens (tertiary/aromatic N) is 1. The van der Waals surface area contributed by atoms with Crippen LogP contribution in [0.3, 0.4) is 0 Å². The van der Waals surface area contributed by atoms with Gasteiger partial charge in [0.05, 0.1) is 24.4 Å². The Morgan fingerprint density at radius 3 is 2.89 bits per heavy atom. The summed E-state index contributed by atoms with van der Waals surface area (Å²) in [7, 11) is 1.65. The molecule has 96 valence electrons. The standard InChI is InChI=1S/C13H15NO2S2/c1-15-11-3-2-4-12(7-11)16-6-5-13-14-10(8-17)9-18-13/h2-4,7,9,17H,5-6,8H2,1H3. The smallest absolute Gasteiger partial charge is 0.123 e. The van der Waals surface area contributed by atoms with Crippen molar-refractivity contribution in [1.29, 1.82) is 0 Å². The van der Waals surface area contributed by atoms with E-state index in [0.717, 1.165) is 28.6 Å². The number of thiol groups is 1. The molecule has 0 saturated heterocycles. The lowest BCUT2D eigenvalue weighted by Crippen LogP contribution is -2.01. The number of benzene rings is 1. The third-order valence-corrected chi connectivity index (χ3v) is 3.67. The van der Waals surface area contributed by atoms with Crippen molar-refractivity contribution >= 4 is 24.0 Å². The molecule has 0 amide bonds. The molecule has 2 aromatic rings. The molecule has 0 unspecified atom stereocenters. The summed E-state index contributed by atoms with van der Waals surface area (Å²) >= 11 is 5.84. The molecule has 0 aliphatic rings. The highest BCUT2D eigenvalue weighted by atomic mass is 32.1. The second kappa shape index (κ2) is 6.66. The van der Waals surface area contributed by atoms with Crippen LogP contribution < -0.4 is 9.47 Å². The van der Waals surface area contributed by atoms with Crippen LogP contribution in [0.25, 0.3) is 0 Å². The van der Waals surface area contributed by atoms with E-state index in [4.69, 9.17) is 9.47 Å². The number of hydrogen-bond acceptors (Lipinski definition) is 5. The molecule has 1 heterocycles. The predicted molar refractivity (Wildman–Crippen MR) is 77.0 cm³/mol. The summed E-state index contributed by atoms with van der Waals surface area (Å²) in [5.74, 6) is 2.31. The zero-order chi connectivity index (χ0) is 12.8. The van der Waals surface area contributed by atoms with Gasteiger partial charge in [-0.1, -0.05) is 6.07 Å². The minimum absolute atomic E-state index is 0.618. The van der Waals surface area contributed by atoms with E-state index >= 15 is 0 Å². The van der Waals surface area contributed by atoms with Gasteiger partial charge in [-0.15, -0.1) is 11.3 Å². The summed E-state index contributed by atoms with van der Waals surface area (Å²) in [6.07, 6.45) is 0.815. The maximum atomic E-state index is 5.66. The second-order valence-electron chi connectivity index (χ2n) is 3.67. The molecule has 3 nitrogen and oxygen atoms in total. The second-order valence-corrected chi connectivity index (χ2v) is 4.93. The fraction of sp³-hybridized carbons (Fsp3) is 0.308. The summed E-state index contributed by atoms with van der Waals surface area (Å²) in [6, 6.07) is 7.60. The first kappa shape index (κ1) is 13.2. The molecular weight excluding hydrogens is 266 g/mol. The van der Waals surface area contributed by atoms with Gasteiger partial charge in [-0.25, -0.2) is 4.98 Å². The Hall–Kier alpha value is -1.20. The number of hydrogen-bond donors (Lipinski definition) is 1. The molecule has 18 heavy (non-hydrogen) atoms. The molecule has 0 N–H and O–H groups in total. The van der Waals surface area contributed by atoms with Gasteiger partial charge in [0.2, 0.25) is 0 Å². The van der Waals surface area contributed by atoms with Crippen LogP contribution in [0.1, 0.15) is 10.7 Å². The first-order chi connectivity index (χ1) is 8.81. The average molecular weight is 281 g/mol. The van der Waals surface area contributed by atoms with E-state index in [9.17, 15) is 0 Å². The summed E-state index contributed by atoms with van der Waals surface area (Å²) in [5, 5.41) is 3.12. The lowest BCUT2D eigenvalue weighted by Gasteiger charge is -2.06. The van der Waals surface area contributed by atoms with Crippen molar-refractivity contribution in [3.8, 4) is 11.5 Å². The Bertz CT molecular complexity index is 499. The van der Waals surface area contributed by atoms with E-state index in [-0.39, 0.29) is 0 Å². The fourth-order valence-corrected chi connectivity index (χ4v) is 2.55. The molecule has 0 aliphatic heterocycles. The average Bonchev–Trinajstić information content (AvgIpc) is 2.87. The number of ether oxygens (including phenoxy) is 2. The predicted octanol–water partition coefficient (Wildman–Crippen LogP) is 3.20. The van der Waals surface area contributed by atoms with Gasteiger partial charge < -0.3 is 9.47 Å². The van der Waals surface area contributed by atoms with Crippen molar-refractivity contribution in [1.82, 2.24) is 4.98 Å². The van der Waals surface area contributed by atoms with Gasteiger partial charge in [0, 0.05) is 23.6 Å². The highest BCUT2D eigenvalue weighted by molar-refractivity contribution is 7.79. The quantitative estimate of drug-likeness (QED) is 0.825. The first-order valence-electron chi connectivity index (χ1n) is 5.63. The molecule has 0 bridgehead atoms. The van der Waals surface area contributed by atoms with Crippen LogP contribution >= 0.6 is 24.0 Å². The van der Waals surface area contributed by atoms with Crippen LogP contribution in [0.2, 0.25) is 0 Å². The van der Waals surface area contributed by atoms with Crippen LogP contribution in [0.5, 0.6) is 11.5 Å². The molecule has 0 saturated carbocycles. The Morgan fingerprint density at radius 2 is 2.17 bits per heavy atom. The van der Waals surface area contributed by atoms with Crippen molar-refractivity contribution < 1.29 is 9.47 Å². The van der Waals surface area contributed by atoms with Crippen molar-refractivity contribution in [2.24, 2.45) is 0 Å². The summed E-state index contributed by atoms with van der Waals surface area (Å²) in [6.45, 7) is 0.618. The van der Waals surface area contributed by atoms with Crippen molar-refractivity contribution in [3.05, 3.63) is 40.3 Å². The molecule has 0 spiro atoms. The topological polar surface area (TPSA) is 31.4 Å². The van der Waals surface area contributed by atoms with Gasteiger partial charge >= 0.3 is 0 Å². The third kappa shape index (κ3) is 3.65. The Labute approximate surface area is 116 Å². The van der Waals surface area contributed by atoms with Gasteiger partial charge in [-0.3, -0.25) is 0 Å². The van der Waals surface area contributed by atoms with E-state index in [1.807, 2.05) is 29.6 Å². The molecule has 0 atom stereocenters. The van der Waals surface area contributed by atoms with E-state index in [0.29, 0.717) is 12.4 Å². The van der Waals surface area contributed by atoms with Crippen LogP contribution in [-0.2, 0) is 12.2 Å². The van der Waals surface area contributed by atoms with E-state index in [2.05, 4.69) is 17.6 Å².